The Morgan fingerprint density at radius 2 is 2.22 bits per heavy atom. The van der Waals surface area contributed by atoms with Gasteiger partial charge in [-0.15, -0.1) is 11.3 Å². The van der Waals surface area contributed by atoms with Crippen LogP contribution in [0.1, 0.15) is 48.1 Å². The molecule has 1 atom stereocenters. The second kappa shape index (κ2) is 5.61. The minimum atomic E-state index is -4.12. The number of rotatable bonds is 4. The fourth-order valence-electron chi connectivity index (χ4n) is 2.67. The Balaban J connectivity index is 2.03. The molecule has 0 spiro atoms. The molecule has 0 aromatic carbocycles. The van der Waals surface area contributed by atoms with E-state index in [1.807, 2.05) is 5.38 Å². The van der Waals surface area contributed by atoms with Crippen molar-refractivity contribution in [3.63, 3.8) is 0 Å². The fourth-order valence-corrected chi connectivity index (χ4v) is 3.85. The summed E-state index contributed by atoms with van der Waals surface area (Å²) in [5.74, 6) is 0.544. The molecule has 0 amide bonds. The molecule has 0 saturated heterocycles. The Bertz CT molecular complexity index is 397. The fraction of sp³-hybridized carbons (Fsp3) is 0.692. The van der Waals surface area contributed by atoms with E-state index in [0.717, 1.165) is 18.4 Å². The van der Waals surface area contributed by atoms with E-state index >= 15 is 0 Å². The van der Waals surface area contributed by atoms with Crippen molar-refractivity contribution in [2.75, 3.05) is 6.54 Å². The first-order valence-corrected chi connectivity index (χ1v) is 7.26. The van der Waals surface area contributed by atoms with Crippen molar-refractivity contribution in [2.24, 2.45) is 0 Å². The molecule has 2 rings (SSSR count). The molecule has 0 radical (unpaired) electrons. The van der Waals surface area contributed by atoms with E-state index in [-0.39, 0.29) is 0 Å². The SMILES string of the molecule is CCC1CCCc2scc(CNCC(F)(F)F)c21. The van der Waals surface area contributed by atoms with E-state index in [9.17, 15) is 13.2 Å². The molecular formula is C13H18F3NS. The summed E-state index contributed by atoms with van der Waals surface area (Å²) < 4.78 is 36.3. The van der Waals surface area contributed by atoms with Gasteiger partial charge in [-0.05, 0) is 48.1 Å². The van der Waals surface area contributed by atoms with Crippen LogP contribution in [-0.2, 0) is 13.0 Å². The standard InChI is InChI=1S/C13H18F3NS/c1-2-9-4-3-5-11-12(9)10(7-18-11)6-17-8-13(14,15)16/h7,9,17H,2-6,8H2,1H3. The third-order valence-corrected chi connectivity index (χ3v) is 4.60. The van der Waals surface area contributed by atoms with Crippen LogP contribution in [0.5, 0.6) is 0 Å². The van der Waals surface area contributed by atoms with Crippen molar-refractivity contribution in [1.82, 2.24) is 5.32 Å². The molecular weight excluding hydrogens is 259 g/mol. The molecule has 0 aliphatic heterocycles. The van der Waals surface area contributed by atoms with Crippen LogP contribution in [0.3, 0.4) is 0 Å². The zero-order valence-corrected chi connectivity index (χ0v) is 11.3. The predicted molar refractivity (Wildman–Crippen MR) is 68.1 cm³/mol. The first-order valence-electron chi connectivity index (χ1n) is 6.38. The second-order valence-corrected chi connectivity index (χ2v) is 5.78. The number of hydrogen-bond donors (Lipinski definition) is 1. The monoisotopic (exact) mass is 277 g/mol. The van der Waals surface area contributed by atoms with Gasteiger partial charge in [-0.3, -0.25) is 0 Å². The second-order valence-electron chi connectivity index (χ2n) is 4.81. The largest absolute Gasteiger partial charge is 0.401 e. The van der Waals surface area contributed by atoms with Gasteiger partial charge in [-0.2, -0.15) is 13.2 Å². The highest BCUT2D eigenvalue weighted by Crippen LogP contribution is 2.39. The molecule has 1 aliphatic carbocycles. The zero-order valence-electron chi connectivity index (χ0n) is 10.4. The Morgan fingerprint density at radius 3 is 2.89 bits per heavy atom. The minimum Gasteiger partial charge on any atom is -0.305 e. The number of aryl methyl sites for hydroxylation is 1. The Labute approximate surface area is 109 Å². The molecule has 1 aromatic rings. The first-order chi connectivity index (χ1) is 8.51. The number of hydrogen-bond acceptors (Lipinski definition) is 2. The van der Waals surface area contributed by atoms with E-state index in [2.05, 4.69) is 12.2 Å². The number of halogens is 3. The quantitative estimate of drug-likeness (QED) is 0.868. The third kappa shape index (κ3) is 3.26. The Hall–Kier alpha value is -0.550. The van der Waals surface area contributed by atoms with Gasteiger partial charge >= 0.3 is 6.18 Å². The summed E-state index contributed by atoms with van der Waals surface area (Å²) in [6.07, 6.45) is 0.431. The molecule has 0 fully saturated rings. The van der Waals surface area contributed by atoms with Crippen molar-refractivity contribution >= 4 is 11.3 Å². The molecule has 1 nitrogen and oxygen atoms in total. The summed E-state index contributed by atoms with van der Waals surface area (Å²) >= 11 is 1.71. The molecule has 18 heavy (non-hydrogen) atoms. The van der Waals surface area contributed by atoms with Gasteiger partial charge in [-0.1, -0.05) is 6.92 Å². The summed E-state index contributed by atoms with van der Waals surface area (Å²) in [4.78, 5) is 1.39. The summed E-state index contributed by atoms with van der Waals surface area (Å²) in [7, 11) is 0. The minimum absolute atomic E-state index is 0.335. The Morgan fingerprint density at radius 1 is 1.44 bits per heavy atom. The molecule has 0 bridgehead atoms. The van der Waals surface area contributed by atoms with Crippen molar-refractivity contribution in [2.45, 2.75) is 51.2 Å². The average Bonchev–Trinajstić information content (AvgIpc) is 2.71. The molecule has 1 aromatic heterocycles. The molecule has 5 heteroatoms. The number of alkyl halides is 3. The van der Waals surface area contributed by atoms with Crippen LogP contribution >= 0.6 is 11.3 Å². The molecule has 1 unspecified atom stereocenters. The first kappa shape index (κ1) is 13.9. The van der Waals surface area contributed by atoms with Crippen LogP contribution in [0.4, 0.5) is 13.2 Å². The van der Waals surface area contributed by atoms with E-state index in [1.54, 1.807) is 11.3 Å². The maximum absolute atomic E-state index is 12.1. The maximum Gasteiger partial charge on any atom is 0.401 e. The van der Waals surface area contributed by atoms with Crippen LogP contribution in [0, 0.1) is 0 Å². The normalized spacial score (nSPS) is 19.9. The molecule has 102 valence electrons. The topological polar surface area (TPSA) is 12.0 Å². The Kier molecular flexibility index (Phi) is 4.33. The van der Waals surface area contributed by atoms with E-state index in [1.165, 1.54) is 23.3 Å². The van der Waals surface area contributed by atoms with Crippen LogP contribution in [0.2, 0.25) is 0 Å². The number of thiophene rings is 1. The summed E-state index contributed by atoms with van der Waals surface area (Å²) in [6, 6.07) is 0. The smallest absolute Gasteiger partial charge is 0.305 e. The van der Waals surface area contributed by atoms with Gasteiger partial charge in [0.1, 0.15) is 0 Å². The van der Waals surface area contributed by atoms with Crippen LogP contribution in [0.25, 0.3) is 0 Å². The van der Waals surface area contributed by atoms with Crippen molar-refractivity contribution in [3.05, 3.63) is 21.4 Å². The van der Waals surface area contributed by atoms with Crippen LogP contribution < -0.4 is 5.32 Å². The number of nitrogens with one attached hydrogen (secondary N) is 1. The van der Waals surface area contributed by atoms with Gasteiger partial charge in [0.05, 0.1) is 6.54 Å². The lowest BCUT2D eigenvalue weighted by Crippen LogP contribution is -2.28. The zero-order chi connectivity index (χ0) is 13.2. The van der Waals surface area contributed by atoms with Gasteiger partial charge < -0.3 is 5.32 Å². The highest BCUT2D eigenvalue weighted by atomic mass is 32.1. The van der Waals surface area contributed by atoms with Gasteiger partial charge in [0.25, 0.3) is 0 Å². The molecule has 0 saturated carbocycles. The van der Waals surface area contributed by atoms with Crippen LogP contribution in [0.15, 0.2) is 5.38 Å². The molecule has 1 N–H and O–H groups in total. The summed E-state index contributed by atoms with van der Waals surface area (Å²) in [5, 5.41) is 4.53. The van der Waals surface area contributed by atoms with Crippen molar-refractivity contribution in [3.8, 4) is 0 Å². The lowest BCUT2D eigenvalue weighted by molar-refractivity contribution is -0.125. The number of fused-ring (bicyclic) bond motifs is 1. The van der Waals surface area contributed by atoms with Gasteiger partial charge in [0.2, 0.25) is 0 Å². The summed E-state index contributed by atoms with van der Waals surface area (Å²) in [6.45, 7) is 1.58. The molecule has 1 heterocycles. The third-order valence-electron chi connectivity index (χ3n) is 3.49. The highest BCUT2D eigenvalue weighted by molar-refractivity contribution is 7.10. The van der Waals surface area contributed by atoms with E-state index in [0.29, 0.717) is 12.5 Å². The maximum atomic E-state index is 12.1. The van der Waals surface area contributed by atoms with Gasteiger partial charge in [-0.25, -0.2) is 0 Å². The van der Waals surface area contributed by atoms with Crippen LogP contribution in [-0.4, -0.2) is 12.7 Å². The lowest BCUT2D eigenvalue weighted by atomic mass is 9.83. The van der Waals surface area contributed by atoms with Gasteiger partial charge in [0.15, 0.2) is 0 Å². The van der Waals surface area contributed by atoms with Crippen molar-refractivity contribution < 1.29 is 13.2 Å². The summed E-state index contributed by atoms with van der Waals surface area (Å²) in [5.41, 5.74) is 2.41. The van der Waals surface area contributed by atoms with E-state index < -0.39 is 12.7 Å². The average molecular weight is 277 g/mol. The highest BCUT2D eigenvalue weighted by Gasteiger charge is 2.27. The van der Waals surface area contributed by atoms with E-state index in [4.69, 9.17) is 0 Å². The lowest BCUT2D eigenvalue weighted by Gasteiger charge is -2.23. The van der Waals surface area contributed by atoms with Gasteiger partial charge in [0, 0.05) is 11.4 Å². The molecule has 1 aliphatic rings. The van der Waals surface area contributed by atoms with Crippen molar-refractivity contribution in [1.29, 1.82) is 0 Å². The predicted octanol–water partition coefficient (Wildman–Crippen LogP) is 4.23.